The summed E-state index contributed by atoms with van der Waals surface area (Å²) in [6.07, 6.45) is 0.973. The zero-order valence-corrected chi connectivity index (χ0v) is 13.4. The maximum atomic E-state index is 6.16. The second-order valence-corrected chi connectivity index (χ2v) is 7.31. The SMILES string of the molecule is CCSc1cc2c(c(SCC)c1)Oc1ccccc1C2. The fraction of sp³-hybridized carbons (Fsp3) is 0.294. The first-order valence-electron chi connectivity index (χ1n) is 7.00. The molecule has 0 fully saturated rings. The minimum atomic E-state index is 0.973. The number of benzene rings is 2. The Bertz CT molecular complexity index is 622. The molecule has 104 valence electrons. The maximum absolute atomic E-state index is 6.16. The van der Waals surface area contributed by atoms with E-state index in [-0.39, 0.29) is 0 Å². The first-order chi connectivity index (χ1) is 9.81. The van der Waals surface area contributed by atoms with Gasteiger partial charge in [0, 0.05) is 16.9 Å². The lowest BCUT2D eigenvalue weighted by atomic mass is 10.0. The second kappa shape index (κ2) is 6.15. The van der Waals surface area contributed by atoms with E-state index in [9.17, 15) is 0 Å². The van der Waals surface area contributed by atoms with E-state index in [1.165, 1.54) is 20.9 Å². The smallest absolute Gasteiger partial charge is 0.144 e. The fourth-order valence-corrected chi connectivity index (χ4v) is 4.12. The molecule has 0 saturated heterocycles. The summed E-state index contributed by atoms with van der Waals surface area (Å²) in [5.41, 5.74) is 2.60. The van der Waals surface area contributed by atoms with Gasteiger partial charge < -0.3 is 4.74 Å². The largest absolute Gasteiger partial charge is 0.456 e. The van der Waals surface area contributed by atoms with Crippen LogP contribution in [-0.4, -0.2) is 11.5 Å². The van der Waals surface area contributed by atoms with Gasteiger partial charge in [0.15, 0.2) is 0 Å². The fourth-order valence-electron chi connectivity index (χ4n) is 2.46. The van der Waals surface area contributed by atoms with Crippen LogP contribution in [0.4, 0.5) is 0 Å². The highest BCUT2D eigenvalue weighted by molar-refractivity contribution is 8.00. The van der Waals surface area contributed by atoms with Gasteiger partial charge in [-0.05, 0) is 35.3 Å². The molecule has 0 bridgehead atoms. The molecular formula is C17H18OS2. The summed E-state index contributed by atoms with van der Waals surface area (Å²) in [5, 5.41) is 0. The van der Waals surface area contributed by atoms with Gasteiger partial charge in [0.1, 0.15) is 11.5 Å². The first kappa shape index (κ1) is 13.9. The summed E-state index contributed by atoms with van der Waals surface area (Å²) in [7, 11) is 0. The van der Waals surface area contributed by atoms with Gasteiger partial charge in [-0.3, -0.25) is 0 Å². The van der Waals surface area contributed by atoms with Gasteiger partial charge in [0.05, 0.1) is 4.90 Å². The third-order valence-corrected chi connectivity index (χ3v) is 5.04. The lowest BCUT2D eigenvalue weighted by Crippen LogP contribution is -2.04. The summed E-state index contributed by atoms with van der Waals surface area (Å²) in [6, 6.07) is 12.9. The van der Waals surface area contributed by atoms with Crippen molar-refractivity contribution in [2.45, 2.75) is 30.1 Å². The zero-order valence-electron chi connectivity index (χ0n) is 11.8. The summed E-state index contributed by atoms with van der Waals surface area (Å²) in [5.74, 6) is 4.24. The van der Waals surface area contributed by atoms with E-state index < -0.39 is 0 Å². The Labute approximate surface area is 129 Å². The molecule has 0 aliphatic carbocycles. The average molecular weight is 302 g/mol. The van der Waals surface area contributed by atoms with Crippen molar-refractivity contribution in [2.75, 3.05) is 11.5 Å². The van der Waals surface area contributed by atoms with Crippen molar-refractivity contribution in [3.8, 4) is 11.5 Å². The third-order valence-electron chi connectivity index (χ3n) is 3.28. The van der Waals surface area contributed by atoms with Crippen LogP contribution in [0.15, 0.2) is 46.2 Å². The number of hydrogen-bond donors (Lipinski definition) is 0. The van der Waals surface area contributed by atoms with Crippen LogP contribution in [0, 0.1) is 0 Å². The molecule has 3 rings (SSSR count). The molecular weight excluding hydrogens is 284 g/mol. The van der Waals surface area contributed by atoms with Crippen molar-refractivity contribution >= 4 is 23.5 Å². The van der Waals surface area contributed by atoms with Crippen molar-refractivity contribution in [3.05, 3.63) is 47.5 Å². The number of ether oxygens (including phenoxy) is 1. The Balaban J connectivity index is 2.04. The molecule has 0 radical (unpaired) electrons. The minimum absolute atomic E-state index is 0.973. The molecule has 0 amide bonds. The van der Waals surface area contributed by atoms with Crippen molar-refractivity contribution in [1.29, 1.82) is 0 Å². The first-order valence-corrected chi connectivity index (χ1v) is 8.97. The molecule has 1 aliphatic heterocycles. The van der Waals surface area contributed by atoms with Crippen LogP contribution < -0.4 is 4.74 Å². The molecule has 2 aromatic carbocycles. The molecule has 0 spiro atoms. The van der Waals surface area contributed by atoms with Gasteiger partial charge in [0.2, 0.25) is 0 Å². The molecule has 1 nitrogen and oxygen atoms in total. The number of para-hydroxylation sites is 1. The molecule has 1 heterocycles. The quantitative estimate of drug-likeness (QED) is 0.580. The van der Waals surface area contributed by atoms with Crippen LogP contribution >= 0.6 is 23.5 Å². The van der Waals surface area contributed by atoms with Gasteiger partial charge in [0.25, 0.3) is 0 Å². The summed E-state index contributed by atoms with van der Waals surface area (Å²) < 4.78 is 6.16. The van der Waals surface area contributed by atoms with Crippen LogP contribution in [0.3, 0.4) is 0 Å². The van der Waals surface area contributed by atoms with E-state index in [4.69, 9.17) is 4.74 Å². The van der Waals surface area contributed by atoms with Crippen molar-refractivity contribution in [2.24, 2.45) is 0 Å². The van der Waals surface area contributed by atoms with E-state index in [2.05, 4.69) is 44.2 Å². The number of hydrogen-bond acceptors (Lipinski definition) is 3. The monoisotopic (exact) mass is 302 g/mol. The van der Waals surface area contributed by atoms with Crippen LogP contribution in [0.2, 0.25) is 0 Å². The highest BCUT2D eigenvalue weighted by Crippen LogP contribution is 2.44. The average Bonchev–Trinajstić information content (AvgIpc) is 2.46. The predicted molar refractivity (Wildman–Crippen MR) is 88.6 cm³/mol. The number of fused-ring (bicyclic) bond motifs is 2. The molecule has 0 atom stereocenters. The van der Waals surface area contributed by atoms with Crippen molar-refractivity contribution in [1.82, 2.24) is 0 Å². The Morgan fingerprint density at radius 3 is 2.60 bits per heavy atom. The van der Waals surface area contributed by atoms with E-state index in [1.807, 2.05) is 29.6 Å². The topological polar surface area (TPSA) is 9.23 Å². The molecule has 0 N–H and O–H groups in total. The summed E-state index contributed by atoms with van der Waals surface area (Å²) in [4.78, 5) is 2.63. The van der Waals surface area contributed by atoms with Crippen molar-refractivity contribution in [3.63, 3.8) is 0 Å². The van der Waals surface area contributed by atoms with Gasteiger partial charge in [-0.1, -0.05) is 32.0 Å². The Kier molecular flexibility index (Phi) is 4.27. The van der Waals surface area contributed by atoms with Crippen molar-refractivity contribution < 1.29 is 4.74 Å². The maximum Gasteiger partial charge on any atom is 0.144 e. The number of rotatable bonds is 4. The van der Waals surface area contributed by atoms with E-state index >= 15 is 0 Å². The minimum Gasteiger partial charge on any atom is -0.456 e. The molecule has 0 aromatic heterocycles. The van der Waals surface area contributed by atoms with E-state index in [0.29, 0.717) is 0 Å². The van der Waals surface area contributed by atoms with Crippen LogP contribution in [0.5, 0.6) is 11.5 Å². The zero-order chi connectivity index (χ0) is 13.9. The highest BCUT2D eigenvalue weighted by atomic mass is 32.2. The lowest BCUT2D eigenvalue weighted by molar-refractivity contribution is 0.448. The van der Waals surface area contributed by atoms with Gasteiger partial charge in [-0.15, -0.1) is 23.5 Å². The molecule has 1 aliphatic rings. The number of thioether (sulfide) groups is 2. The Morgan fingerprint density at radius 2 is 1.80 bits per heavy atom. The lowest BCUT2D eigenvalue weighted by Gasteiger charge is -2.23. The van der Waals surface area contributed by atoms with Crippen LogP contribution in [-0.2, 0) is 6.42 Å². The van der Waals surface area contributed by atoms with Crippen LogP contribution in [0.1, 0.15) is 25.0 Å². The standard InChI is InChI=1S/C17H18OS2/c1-3-19-14-10-13-9-12-7-5-6-8-15(12)18-17(13)16(11-14)20-4-2/h5-8,10-11H,3-4,9H2,1-2H3. The second-order valence-electron chi connectivity index (χ2n) is 4.66. The third kappa shape index (κ3) is 2.70. The Hall–Kier alpha value is -1.06. The van der Waals surface area contributed by atoms with Gasteiger partial charge in [-0.25, -0.2) is 0 Å². The van der Waals surface area contributed by atoms with Gasteiger partial charge in [-0.2, -0.15) is 0 Å². The molecule has 2 aromatic rings. The molecule has 3 heteroatoms. The van der Waals surface area contributed by atoms with E-state index in [1.54, 1.807) is 0 Å². The molecule has 20 heavy (non-hydrogen) atoms. The van der Waals surface area contributed by atoms with Crippen LogP contribution in [0.25, 0.3) is 0 Å². The molecule has 0 unspecified atom stereocenters. The van der Waals surface area contributed by atoms with E-state index in [0.717, 1.165) is 29.4 Å². The summed E-state index contributed by atoms with van der Waals surface area (Å²) >= 11 is 3.77. The molecule has 0 saturated carbocycles. The highest BCUT2D eigenvalue weighted by Gasteiger charge is 2.20. The Morgan fingerprint density at radius 1 is 1.00 bits per heavy atom. The predicted octanol–water partition coefficient (Wildman–Crippen LogP) is 5.61. The van der Waals surface area contributed by atoms with Gasteiger partial charge >= 0.3 is 0 Å². The summed E-state index contributed by atoms with van der Waals surface area (Å²) in [6.45, 7) is 4.38. The normalized spacial score (nSPS) is 12.5.